The second kappa shape index (κ2) is 5.31. The van der Waals surface area contributed by atoms with Crippen molar-refractivity contribution in [3.63, 3.8) is 0 Å². The maximum absolute atomic E-state index is 13.0. The van der Waals surface area contributed by atoms with Gasteiger partial charge in [0, 0.05) is 0 Å². The molecule has 0 atom stereocenters. The highest BCUT2D eigenvalue weighted by molar-refractivity contribution is 5.18. The first kappa shape index (κ1) is 13.4. The van der Waals surface area contributed by atoms with Crippen LogP contribution in [0.15, 0.2) is 12.1 Å². The molecule has 1 aromatic rings. The molecule has 18 heavy (non-hydrogen) atoms. The standard InChI is InChI=1S/C14H17F3O/c1-8(2)10-5-11(6-10)18-7-9-3-12(15)14(17)13(16)4-9/h3-4,8,10-11H,5-7H2,1-2H3. The molecule has 4 heteroatoms. The van der Waals surface area contributed by atoms with Crippen LogP contribution in [0.5, 0.6) is 0 Å². The summed E-state index contributed by atoms with van der Waals surface area (Å²) in [6.45, 7) is 4.47. The van der Waals surface area contributed by atoms with Crippen molar-refractivity contribution in [3.8, 4) is 0 Å². The van der Waals surface area contributed by atoms with Crippen LogP contribution >= 0.6 is 0 Å². The van der Waals surface area contributed by atoms with Gasteiger partial charge in [0.1, 0.15) is 0 Å². The van der Waals surface area contributed by atoms with Crippen LogP contribution in [0.2, 0.25) is 0 Å². The Labute approximate surface area is 105 Å². The minimum absolute atomic E-state index is 0.129. The monoisotopic (exact) mass is 258 g/mol. The van der Waals surface area contributed by atoms with Crippen LogP contribution in [-0.4, -0.2) is 6.10 Å². The Hall–Kier alpha value is -1.03. The third-order valence-electron chi connectivity index (χ3n) is 3.60. The third kappa shape index (κ3) is 2.86. The molecule has 100 valence electrons. The zero-order valence-electron chi connectivity index (χ0n) is 10.6. The zero-order valence-corrected chi connectivity index (χ0v) is 10.6. The summed E-state index contributed by atoms with van der Waals surface area (Å²) in [7, 11) is 0. The fourth-order valence-electron chi connectivity index (χ4n) is 2.19. The minimum Gasteiger partial charge on any atom is -0.374 e. The molecule has 1 fully saturated rings. The predicted octanol–water partition coefficient (Wildman–Crippen LogP) is 4.06. The van der Waals surface area contributed by atoms with Gasteiger partial charge >= 0.3 is 0 Å². The summed E-state index contributed by atoms with van der Waals surface area (Å²) >= 11 is 0. The van der Waals surface area contributed by atoms with Gasteiger partial charge in [-0.3, -0.25) is 0 Å². The van der Waals surface area contributed by atoms with Crippen molar-refractivity contribution in [2.45, 2.75) is 39.4 Å². The van der Waals surface area contributed by atoms with E-state index in [1.165, 1.54) is 0 Å². The molecule has 0 saturated heterocycles. The molecule has 1 aliphatic rings. The summed E-state index contributed by atoms with van der Waals surface area (Å²) in [5.41, 5.74) is 0.333. The average molecular weight is 258 g/mol. The number of hydrogen-bond donors (Lipinski definition) is 0. The van der Waals surface area contributed by atoms with E-state index in [2.05, 4.69) is 13.8 Å². The Morgan fingerprint density at radius 2 is 1.72 bits per heavy atom. The molecule has 0 aromatic heterocycles. The number of ether oxygens (including phenoxy) is 1. The average Bonchev–Trinajstić information content (AvgIpc) is 2.23. The molecule has 0 N–H and O–H groups in total. The van der Waals surface area contributed by atoms with E-state index in [9.17, 15) is 13.2 Å². The number of hydrogen-bond acceptors (Lipinski definition) is 1. The van der Waals surface area contributed by atoms with Gasteiger partial charge in [0.2, 0.25) is 0 Å². The molecule has 0 spiro atoms. The lowest BCUT2D eigenvalue weighted by Crippen LogP contribution is -2.34. The van der Waals surface area contributed by atoms with E-state index in [0.29, 0.717) is 17.4 Å². The summed E-state index contributed by atoms with van der Waals surface area (Å²) < 4.78 is 44.2. The maximum atomic E-state index is 13.0. The van der Waals surface area contributed by atoms with Crippen LogP contribution in [0.3, 0.4) is 0 Å². The summed E-state index contributed by atoms with van der Waals surface area (Å²) in [4.78, 5) is 0. The van der Waals surface area contributed by atoms with Gasteiger partial charge < -0.3 is 4.74 Å². The Morgan fingerprint density at radius 1 is 1.17 bits per heavy atom. The van der Waals surface area contributed by atoms with Gasteiger partial charge in [0.05, 0.1) is 12.7 Å². The van der Waals surface area contributed by atoms with Crippen LogP contribution in [0.25, 0.3) is 0 Å². The predicted molar refractivity (Wildman–Crippen MR) is 62.5 cm³/mol. The summed E-state index contributed by atoms with van der Waals surface area (Å²) in [6.07, 6.45) is 2.14. The van der Waals surface area contributed by atoms with Crippen LogP contribution < -0.4 is 0 Å². The van der Waals surface area contributed by atoms with Crippen LogP contribution in [0, 0.1) is 29.3 Å². The highest BCUT2D eigenvalue weighted by atomic mass is 19.2. The smallest absolute Gasteiger partial charge is 0.194 e. The van der Waals surface area contributed by atoms with E-state index >= 15 is 0 Å². The molecule has 0 aliphatic heterocycles. The molecule has 1 saturated carbocycles. The summed E-state index contributed by atoms with van der Waals surface area (Å²) in [6, 6.07) is 1.97. The first-order chi connectivity index (χ1) is 8.47. The molecular formula is C14H17F3O. The van der Waals surface area contributed by atoms with Gasteiger partial charge in [0.25, 0.3) is 0 Å². The normalized spacial score (nSPS) is 23.2. The lowest BCUT2D eigenvalue weighted by Gasteiger charge is -2.37. The van der Waals surface area contributed by atoms with E-state index in [0.717, 1.165) is 25.0 Å². The number of halogens is 3. The lowest BCUT2D eigenvalue weighted by molar-refractivity contribution is -0.0521. The first-order valence-corrected chi connectivity index (χ1v) is 6.22. The molecule has 2 rings (SSSR count). The van der Waals surface area contributed by atoms with E-state index in [1.54, 1.807) is 0 Å². The highest BCUT2D eigenvalue weighted by Crippen LogP contribution is 2.36. The Balaban J connectivity index is 1.85. The van der Waals surface area contributed by atoms with Crippen LogP contribution in [-0.2, 0) is 11.3 Å². The molecule has 1 nitrogen and oxygen atoms in total. The van der Waals surface area contributed by atoms with Crippen LogP contribution in [0.1, 0.15) is 32.3 Å². The largest absolute Gasteiger partial charge is 0.374 e. The number of benzene rings is 1. The second-order valence-electron chi connectivity index (χ2n) is 5.28. The first-order valence-electron chi connectivity index (χ1n) is 6.22. The van der Waals surface area contributed by atoms with Gasteiger partial charge in [-0.25, -0.2) is 13.2 Å². The topological polar surface area (TPSA) is 9.23 Å². The van der Waals surface area contributed by atoms with Crippen molar-refractivity contribution in [1.29, 1.82) is 0 Å². The fourth-order valence-corrected chi connectivity index (χ4v) is 2.19. The Morgan fingerprint density at radius 3 is 2.22 bits per heavy atom. The molecule has 0 unspecified atom stereocenters. The minimum atomic E-state index is -1.43. The Bertz CT molecular complexity index is 402. The quantitative estimate of drug-likeness (QED) is 0.740. The highest BCUT2D eigenvalue weighted by Gasteiger charge is 2.31. The number of rotatable bonds is 4. The van der Waals surface area contributed by atoms with Crippen molar-refractivity contribution in [3.05, 3.63) is 35.1 Å². The van der Waals surface area contributed by atoms with Gasteiger partial charge in [-0.1, -0.05) is 13.8 Å². The molecular weight excluding hydrogens is 241 g/mol. The van der Waals surface area contributed by atoms with Gasteiger partial charge in [-0.05, 0) is 42.4 Å². The van der Waals surface area contributed by atoms with Gasteiger partial charge in [-0.2, -0.15) is 0 Å². The molecule has 0 radical (unpaired) electrons. The van der Waals surface area contributed by atoms with E-state index in [4.69, 9.17) is 4.74 Å². The maximum Gasteiger partial charge on any atom is 0.194 e. The van der Waals surface area contributed by atoms with Crippen molar-refractivity contribution in [2.75, 3.05) is 0 Å². The van der Waals surface area contributed by atoms with Gasteiger partial charge in [0.15, 0.2) is 17.5 Å². The molecule has 0 heterocycles. The van der Waals surface area contributed by atoms with Crippen molar-refractivity contribution in [2.24, 2.45) is 11.8 Å². The zero-order chi connectivity index (χ0) is 13.3. The second-order valence-corrected chi connectivity index (χ2v) is 5.28. The fraction of sp³-hybridized carbons (Fsp3) is 0.571. The van der Waals surface area contributed by atoms with E-state index < -0.39 is 17.5 Å². The summed E-state index contributed by atoms with van der Waals surface area (Å²) in [5.74, 6) is -2.44. The summed E-state index contributed by atoms with van der Waals surface area (Å²) in [5, 5.41) is 0. The third-order valence-corrected chi connectivity index (χ3v) is 3.60. The van der Waals surface area contributed by atoms with Crippen LogP contribution in [0.4, 0.5) is 13.2 Å². The molecule has 1 aliphatic carbocycles. The lowest BCUT2D eigenvalue weighted by atomic mass is 9.75. The molecule has 0 bridgehead atoms. The van der Waals surface area contributed by atoms with E-state index in [-0.39, 0.29) is 12.7 Å². The van der Waals surface area contributed by atoms with Crippen molar-refractivity contribution < 1.29 is 17.9 Å². The van der Waals surface area contributed by atoms with Crippen molar-refractivity contribution in [1.82, 2.24) is 0 Å². The van der Waals surface area contributed by atoms with Gasteiger partial charge in [-0.15, -0.1) is 0 Å². The Kier molecular flexibility index (Phi) is 3.95. The molecule has 1 aromatic carbocycles. The van der Waals surface area contributed by atoms with Crippen molar-refractivity contribution >= 4 is 0 Å². The SMILES string of the molecule is CC(C)C1CC(OCc2cc(F)c(F)c(F)c2)C1. The molecule has 0 amide bonds. The van der Waals surface area contributed by atoms with E-state index in [1.807, 2.05) is 0 Å².